The van der Waals surface area contributed by atoms with Crippen molar-refractivity contribution in [2.24, 2.45) is 5.92 Å². The number of rotatable bonds is 5. The molecule has 1 atom stereocenters. The Balaban J connectivity index is 1.73. The number of urea groups is 1. The van der Waals surface area contributed by atoms with E-state index in [0.717, 1.165) is 29.7 Å². The van der Waals surface area contributed by atoms with Crippen LogP contribution in [0.15, 0.2) is 42.5 Å². The summed E-state index contributed by atoms with van der Waals surface area (Å²) in [5.74, 6) is 0.646. The molecule has 0 saturated carbocycles. The van der Waals surface area contributed by atoms with E-state index in [9.17, 15) is 9.59 Å². The van der Waals surface area contributed by atoms with Gasteiger partial charge in [-0.3, -0.25) is 4.79 Å². The Morgan fingerprint density at radius 2 is 1.83 bits per heavy atom. The lowest BCUT2D eigenvalue weighted by Gasteiger charge is -2.26. The minimum absolute atomic E-state index is 0.0463. The first-order chi connectivity index (χ1) is 13.9. The lowest BCUT2D eigenvalue weighted by molar-refractivity contribution is -0.118. The van der Waals surface area contributed by atoms with Crippen LogP contribution in [0, 0.1) is 12.8 Å². The van der Waals surface area contributed by atoms with Gasteiger partial charge in [-0.15, -0.1) is 0 Å². The summed E-state index contributed by atoms with van der Waals surface area (Å²) in [5.41, 5.74) is 3.43. The van der Waals surface area contributed by atoms with Gasteiger partial charge in [0.05, 0.1) is 13.2 Å². The molecule has 0 bridgehead atoms. The Labute approximate surface area is 172 Å². The number of aryl methyl sites for hydroxylation is 1. The predicted octanol–water partition coefficient (Wildman–Crippen LogP) is 4.97. The van der Waals surface area contributed by atoms with Crippen LogP contribution >= 0.6 is 0 Å². The molecule has 2 aromatic carbocycles. The summed E-state index contributed by atoms with van der Waals surface area (Å²) in [6.07, 6.45) is 1.90. The van der Waals surface area contributed by atoms with Crippen molar-refractivity contribution in [3.05, 3.63) is 53.6 Å². The SMILES string of the molecule is COc1ccc(C2CCCN2C(=O)Nc2cc(NC(=O)C(C)C)ccc2C)cc1. The molecule has 2 aromatic rings. The maximum absolute atomic E-state index is 13.0. The second kappa shape index (κ2) is 8.99. The van der Waals surface area contributed by atoms with Crippen LogP contribution in [0.5, 0.6) is 5.75 Å². The summed E-state index contributed by atoms with van der Waals surface area (Å²) in [6, 6.07) is 13.4. The van der Waals surface area contributed by atoms with Crippen molar-refractivity contribution < 1.29 is 14.3 Å². The van der Waals surface area contributed by atoms with Gasteiger partial charge in [-0.2, -0.15) is 0 Å². The number of amides is 3. The first-order valence-electron chi connectivity index (χ1n) is 10.0. The van der Waals surface area contributed by atoms with Crippen LogP contribution in [-0.4, -0.2) is 30.5 Å². The summed E-state index contributed by atoms with van der Waals surface area (Å²) in [5, 5.41) is 5.91. The number of nitrogens with zero attached hydrogens (tertiary/aromatic N) is 1. The second-order valence-electron chi connectivity index (χ2n) is 7.73. The van der Waals surface area contributed by atoms with Crippen molar-refractivity contribution in [3.8, 4) is 5.75 Å². The third-order valence-corrected chi connectivity index (χ3v) is 5.29. The van der Waals surface area contributed by atoms with Gasteiger partial charge in [0.15, 0.2) is 0 Å². The number of hydrogen-bond donors (Lipinski definition) is 2. The molecule has 1 unspecified atom stereocenters. The molecule has 154 valence electrons. The number of hydrogen-bond acceptors (Lipinski definition) is 3. The summed E-state index contributed by atoms with van der Waals surface area (Å²) in [6.45, 7) is 6.34. The molecular formula is C23H29N3O3. The molecule has 1 aliphatic rings. The molecule has 1 fully saturated rings. The highest BCUT2D eigenvalue weighted by Gasteiger charge is 2.30. The quantitative estimate of drug-likeness (QED) is 0.751. The number of benzene rings is 2. The van der Waals surface area contributed by atoms with E-state index in [-0.39, 0.29) is 23.9 Å². The van der Waals surface area contributed by atoms with Crippen molar-refractivity contribution in [2.45, 2.75) is 39.7 Å². The molecule has 6 heteroatoms. The largest absolute Gasteiger partial charge is 0.497 e. The fourth-order valence-corrected chi connectivity index (χ4v) is 3.49. The normalized spacial score (nSPS) is 16.0. The van der Waals surface area contributed by atoms with Crippen LogP contribution in [-0.2, 0) is 4.79 Å². The predicted molar refractivity (Wildman–Crippen MR) is 115 cm³/mol. The number of anilines is 2. The van der Waals surface area contributed by atoms with Crippen LogP contribution in [0.2, 0.25) is 0 Å². The van der Waals surface area contributed by atoms with Crippen LogP contribution in [0.25, 0.3) is 0 Å². The van der Waals surface area contributed by atoms with Gasteiger partial charge in [0.25, 0.3) is 0 Å². The van der Waals surface area contributed by atoms with E-state index in [0.29, 0.717) is 17.9 Å². The zero-order valence-corrected chi connectivity index (χ0v) is 17.5. The first-order valence-corrected chi connectivity index (χ1v) is 10.0. The fraction of sp³-hybridized carbons (Fsp3) is 0.391. The summed E-state index contributed by atoms with van der Waals surface area (Å²) < 4.78 is 5.23. The molecule has 0 radical (unpaired) electrons. The summed E-state index contributed by atoms with van der Waals surface area (Å²) in [4.78, 5) is 26.9. The van der Waals surface area contributed by atoms with E-state index < -0.39 is 0 Å². The fourth-order valence-electron chi connectivity index (χ4n) is 3.49. The zero-order chi connectivity index (χ0) is 21.0. The molecule has 0 aliphatic carbocycles. The molecule has 0 aromatic heterocycles. The molecule has 1 saturated heterocycles. The van der Waals surface area contributed by atoms with Crippen LogP contribution in [0.3, 0.4) is 0 Å². The topological polar surface area (TPSA) is 70.7 Å². The standard InChI is InChI=1S/C23H29N3O3/c1-15(2)22(27)24-18-10-7-16(3)20(14-18)25-23(28)26-13-5-6-21(26)17-8-11-19(29-4)12-9-17/h7-12,14-15,21H,5-6,13H2,1-4H3,(H,24,27)(H,25,28). The van der Waals surface area contributed by atoms with Gasteiger partial charge in [0.1, 0.15) is 5.75 Å². The van der Waals surface area contributed by atoms with E-state index in [1.54, 1.807) is 7.11 Å². The maximum atomic E-state index is 13.0. The molecule has 1 aliphatic heterocycles. The van der Waals surface area contributed by atoms with E-state index in [1.165, 1.54) is 0 Å². The Bertz CT molecular complexity index is 877. The minimum Gasteiger partial charge on any atom is -0.497 e. The average molecular weight is 396 g/mol. The van der Waals surface area contributed by atoms with E-state index >= 15 is 0 Å². The Kier molecular flexibility index (Phi) is 6.42. The van der Waals surface area contributed by atoms with Gasteiger partial charge in [-0.1, -0.05) is 32.0 Å². The lowest BCUT2D eigenvalue weighted by atomic mass is 10.0. The highest BCUT2D eigenvalue weighted by Crippen LogP contribution is 2.33. The second-order valence-corrected chi connectivity index (χ2v) is 7.73. The van der Waals surface area contributed by atoms with Gasteiger partial charge in [0, 0.05) is 23.8 Å². The first kappa shape index (κ1) is 20.7. The number of ether oxygens (including phenoxy) is 1. The molecule has 2 N–H and O–H groups in total. The lowest BCUT2D eigenvalue weighted by Crippen LogP contribution is -2.34. The molecule has 0 spiro atoms. The smallest absolute Gasteiger partial charge is 0.322 e. The van der Waals surface area contributed by atoms with Crippen LogP contribution in [0.1, 0.15) is 43.9 Å². The average Bonchev–Trinajstić information content (AvgIpc) is 3.20. The minimum atomic E-state index is -0.126. The Hall–Kier alpha value is -3.02. The zero-order valence-electron chi connectivity index (χ0n) is 17.5. The molecule has 3 amide bonds. The molecule has 6 nitrogen and oxygen atoms in total. The van der Waals surface area contributed by atoms with Gasteiger partial charge >= 0.3 is 6.03 Å². The van der Waals surface area contributed by atoms with Gasteiger partial charge in [-0.25, -0.2) is 4.79 Å². The summed E-state index contributed by atoms with van der Waals surface area (Å²) in [7, 11) is 1.64. The van der Waals surface area contributed by atoms with E-state index in [4.69, 9.17) is 4.74 Å². The molecule has 29 heavy (non-hydrogen) atoms. The van der Waals surface area contributed by atoms with Crippen molar-refractivity contribution >= 4 is 23.3 Å². The maximum Gasteiger partial charge on any atom is 0.322 e. The number of nitrogens with one attached hydrogen (secondary N) is 2. The van der Waals surface area contributed by atoms with E-state index in [2.05, 4.69) is 10.6 Å². The number of carbonyl (C=O) groups is 2. The number of methoxy groups -OCH3 is 1. The summed E-state index contributed by atoms with van der Waals surface area (Å²) >= 11 is 0. The molecule has 1 heterocycles. The molecule has 3 rings (SSSR count). The van der Waals surface area contributed by atoms with E-state index in [1.807, 2.05) is 68.1 Å². The van der Waals surface area contributed by atoms with Crippen LogP contribution < -0.4 is 15.4 Å². The number of carbonyl (C=O) groups excluding carboxylic acids is 2. The van der Waals surface area contributed by atoms with Gasteiger partial charge in [0.2, 0.25) is 5.91 Å². The van der Waals surface area contributed by atoms with Gasteiger partial charge < -0.3 is 20.3 Å². The third kappa shape index (κ3) is 4.88. The van der Waals surface area contributed by atoms with Crippen LogP contribution in [0.4, 0.5) is 16.2 Å². The van der Waals surface area contributed by atoms with Crippen molar-refractivity contribution in [1.82, 2.24) is 4.90 Å². The number of likely N-dealkylation sites (tertiary alicyclic amines) is 1. The van der Waals surface area contributed by atoms with Gasteiger partial charge in [-0.05, 0) is 55.2 Å². The monoisotopic (exact) mass is 395 g/mol. The van der Waals surface area contributed by atoms with Crippen molar-refractivity contribution in [1.29, 1.82) is 0 Å². The Morgan fingerprint density at radius 3 is 2.48 bits per heavy atom. The van der Waals surface area contributed by atoms with Crippen molar-refractivity contribution in [2.75, 3.05) is 24.3 Å². The van der Waals surface area contributed by atoms with Crippen molar-refractivity contribution in [3.63, 3.8) is 0 Å². The highest BCUT2D eigenvalue weighted by atomic mass is 16.5. The highest BCUT2D eigenvalue weighted by molar-refractivity contribution is 5.95. The Morgan fingerprint density at radius 1 is 1.10 bits per heavy atom. The molecular weight excluding hydrogens is 366 g/mol. The third-order valence-electron chi connectivity index (χ3n) is 5.29.